The molecule has 1 nitrogen and oxygen atoms in total. The maximum atomic E-state index is 11.8. The predicted octanol–water partition coefficient (Wildman–Crippen LogP) is 2.30. The number of rotatable bonds is 2. The maximum absolute atomic E-state index is 11.8. The minimum Gasteiger partial charge on any atom is -0.282 e. The van der Waals surface area contributed by atoms with Gasteiger partial charge in [-0.1, -0.05) is 0 Å². The van der Waals surface area contributed by atoms with Crippen LogP contribution in [0.4, 0.5) is 22.0 Å². The lowest BCUT2D eigenvalue weighted by Gasteiger charge is -2.16. The van der Waals surface area contributed by atoms with Crippen molar-refractivity contribution in [1.82, 2.24) is 0 Å². The predicted molar refractivity (Wildman–Crippen MR) is 28.2 cm³/mol. The molecule has 0 aliphatic carbocycles. The molecule has 65 valence electrons. The molecule has 0 unspecified atom stereocenters. The molecule has 0 rings (SSSR count). The van der Waals surface area contributed by atoms with Crippen LogP contribution in [0.15, 0.2) is 0 Å². The fourth-order valence-electron chi connectivity index (χ4n) is 0.282. The molecule has 0 heterocycles. The summed E-state index contributed by atoms with van der Waals surface area (Å²) in [7, 11) is 0. The molecule has 0 aromatic rings. The fourth-order valence-corrected chi connectivity index (χ4v) is 0.463. The SMILES string of the molecule is O=C([S])CC(F)(F)C(F)(F)F. The van der Waals surface area contributed by atoms with Gasteiger partial charge in [-0.25, -0.2) is 0 Å². The number of halogens is 5. The Morgan fingerprint density at radius 2 is 1.55 bits per heavy atom. The topological polar surface area (TPSA) is 17.1 Å². The maximum Gasteiger partial charge on any atom is 0.453 e. The van der Waals surface area contributed by atoms with Gasteiger partial charge in [0, 0.05) is 0 Å². The number of alkyl halides is 5. The molecular weight excluding hydrogens is 191 g/mol. The molecule has 0 fully saturated rings. The molecule has 0 atom stereocenters. The average molecular weight is 193 g/mol. The van der Waals surface area contributed by atoms with Crippen molar-refractivity contribution in [2.45, 2.75) is 18.5 Å². The molecule has 0 saturated heterocycles. The van der Waals surface area contributed by atoms with E-state index in [0.29, 0.717) is 0 Å². The normalized spacial score (nSPS) is 13.2. The van der Waals surface area contributed by atoms with Crippen LogP contribution in [0.2, 0.25) is 0 Å². The Hall–Kier alpha value is -0.460. The van der Waals surface area contributed by atoms with Crippen LogP contribution in [0.25, 0.3) is 0 Å². The van der Waals surface area contributed by atoms with Crippen molar-refractivity contribution >= 4 is 17.7 Å². The van der Waals surface area contributed by atoms with Gasteiger partial charge in [0.1, 0.15) is 0 Å². The second-order valence-corrected chi connectivity index (χ2v) is 2.21. The summed E-state index contributed by atoms with van der Waals surface area (Å²) in [4.78, 5) is 9.74. The molecule has 0 aliphatic rings. The van der Waals surface area contributed by atoms with Gasteiger partial charge in [-0.3, -0.25) is 4.79 Å². The van der Waals surface area contributed by atoms with Crippen LogP contribution in [0.3, 0.4) is 0 Å². The molecule has 0 aromatic carbocycles. The highest BCUT2D eigenvalue weighted by molar-refractivity contribution is 7.96. The zero-order valence-electron chi connectivity index (χ0n) is 4.91. The molecule has 0 saturated carbocycles. The lowest BCUT2D eigenvalue weighted by atomic mass is 10.2. The van der Waals surface area contributed by atoms with E-state index in [4.69, 9.17) is 0 Å². The van der Waals surface area contributed by atoms with Crippen LogP contribution in [0.1, 0.15) is 6.42 Å². The van der Waals surface area contributed by atoms with Gasteiger partial charge < -0.3 is 0 Å². The summed E-state index contributed by atoms with van der Waals surface area (Å²) in [6.07, 6.45) is -7.66. The smallest absolute Gasteiger partial charge is 0.282 e. The molecule has 11 heavy (non-hydrogen) atoms. The molecule has 1 radical (unpaired) electrons. The van der Waals surface area contributed by atoms with E-state index in [9.17, 15) is 26.7 Å². The fraction of sp³-hybridized carbons (Fsp3) is 0.750. The summed E-state index contributed by atoms with van der Waals surface area (Å²) in [5, 5.41) is -1.60. The standard InChI is InChI=1S/C4H2F5OS/c5-3(6,1-2(10)11)4(7,8)9/h1H2. The van der Waals surface area contributed by atoms with Crippen molar-refractivity contribution in [3.63, 3.8) is 0 Å². The van der Waals surface area contributed by atoms with Crippen LogP contribution in [0.5, 0.6) is 0 Å². The van der Waals surface area contributed by atoms with E-state index < -0.39 is 23.6 Å². The lowest BCUT2D eigenvalue weighted by Crippen LogP contribution is -2.37. The van der Waals surface area contributed by atoms with Gasteiger partial charge in [0.15, 0.2) is 0 Å². The summed E-state index contributed by atoms with van der Waals surface area (Å²) >= 11 is 3.58. The third-order valence-corrected chi connectivity index (χ3v) is 0.925. The summed E-state index contributed by atoms with van der Waals surface area (Å²) in [5.41, 5.74) is 0. The highest BCUT2D eigenvalue weighted by atomic mass is 32.1. The first-order chi connectivity index (χ1) is 4.67. The van der Waals surface area contributed by atoms with Crippen molar-refractivity contribution in [2.75, 3.05) is 0 Å². The molecule has 0 aromatic heterocycles. The Kier molecular flexibility index (Phi) is 2.76. The molecular formula is C4H2F5OS. The summed E-state index contributed by atoms with van der Waals surface area (Å²) < 4.78 is 57.3. The van der Waals surface area contributed by atoms with E-state index in [0.717, 1.165) is 0 Å². The highest BCUT2D eigenvalue weighted by Gasteiger charge is 2.58. The first kappa shape index (κ1) is 10.5. The third kappa shape index (κ3) is 2.96. The third-order valence-electron chi connectivity index (χ3n) is 0.781. The van der Waals surface area contributed by atoms with Gasteiger partial charge >= 0.3 is 12.1 Å². The monoisotopic (exact) mass is 193 g/mol. The van der Waals surface area contributed by atoms with Gasteiger partial charge in [0.2, 0.25) is 5.12 Å². The number of carbonyl (C=O) groups excluding carboxylic acids is 1. The van der Waals surface area contributed by atoms with Crippen LogP contribution >= 0.6 is 12.6 Å². The van der Waals surface area contributed by atoms with Gasteiger partial charge in [0.05, 0.1) is 6.42 Å². The van der Waals surface area contributed by atoms with Crippen LogP contribution in [-0.4, -0.2) is 17.2 Å². The number of hydrogen-bond acceptors (Lipinski definition) is 1. The molecule has 7 heteroatoms. The summed E-state index contributed by atoms with van der Waals surface area (Å²) in [6.45, 7) is 0. The van der Waals surface area contributed by atoms with E-state index in [-0.39, 0.29) is 0 Å². The quantitative estimate of drug-likeness (QED) is 0.615. The largest absolute Gasteiger partial charge is 0.453 e. The Labute approximate surface area is 64.0 Å². The molecule has 0 N–H and O–H groups in total. The van der Waals surface area contributed by atoms with E-state index >= 15 is 0 Å². The minimum atomic E-state index is -5.69. The van der Waals surface area contributed by atoms with Gasteiger partial charge in [0.25, 0.3) is 0 Å². The van der Waals surface area contributed by atoms with Crippen molar-refractivity contribution in [2.24, 2.45) is 0 Å². The van der Waals surface area contributed by atoms with Crippen LogP contribution in [0, 0.1) is 0 Å². The van der Waals surface area contributed by atoms with Gasteiger partial charge in [-0.05, 0) is 12.6 Å². The van der Waals surface area contributed by atoms with Gasteiger partial charge in [-0.2, -0.15) is 22.0 Å². The van der Waals surface area contributed by atoms with E-state index in [1.807, 2.05) is 0 Å². The van der Waals surface area contributed by atoms with Crippen molar-refractivity contribution in [3.8, 4) is 0 Å². The van der Waals surface area contributed by atoms with E-state index in [1.165, 1.54) is 0 Å². The Bertz CT molecular complexity index is 162. The van der Waals surface area contributed by atoms with Crippen LogP contribution < -0.4 is 0 Å². The van der Waals surface area contributed by atoms with Crippen molar-refractivity contribution in [3.05, 3.63) is 0 Å². The van der Waals surface area contributed by atoms with Crippen molar-refractivity contribution < 1.29 is 26.7 Å². The molecule has 0 aliphatic heterocycles. The average Bonchev–Trinajstić information content (AvgIpc) is 1.56. The van der Waals surface area contributed by atoms with Crippen molar-refractivity contribution in [1.29, 1.82) is 0 Å². The van der Waals surface area contributed by atoms with Crippen LogP contribution in [-0.2, 0) is 4.79 Å². The van der Waals surface area contributed by atoms with E-state index in [1.54, 1.807) is 0 Å². The Balaban J connectivity index is 4.34. The number of hydrogen-bond donors (Lipinski definition) is 0. The first-order valence-electron chi connectivity index (χ1n) is 2.31. The first-order valence-corrected chi connectivity index (χ1v) is 2.72. The van der Waals surface area contributed by atoms with E-state index in [2.05, 4.69) is 12.6 Å². The Morgan fingerprint density at radius 1 is 1.18 bits per heavy atom. The van der Waals surface area contributed by atoms with Gasteiger partial charge in [-0.15, -0.1) is 0 Å². The molecule has 0 spiro atoms. The second kappa shape index (κ2) is 2.88. The minimum absolute atomic E-state index is 1.60. The molecule has 0 amide bonds. The number of carbonyl (C=O) groups is 1. The summed E-state index contributed by atoms with van der Waals surface area (Å²) in [6, 6.07) is 0. The zero-order valence-corrected chi connectivity index (χ0v) is 5.73. The lowest BCUT2D eigenvalue weighted by molar-refractivity contribution is -0.280. The zero-order chi connectivity index (χ0) is 9.28. The Morgan fingerprint density at radius 3 is 1.64 bits per heavy atom. The summed E-state index contributed by atoms with van der Waals surface area (Å²) in [5.74, 6) is -4.99. The molecule has 0 bridgehead atoms. The second-order valence-electron chi connectivity index (χ2n) is 1.75. The highest BCUT2D eigenvalue weighted by Crippen LogP contribution is 2.38.